The summed E-state index contributed by atoms with van der Waals surface area (Å²) in [6.45, 7) is 6.04. The Kier molecular flexibility index (Phi) is 5.48. The quantitative estimate of drug-likeness (QED) is 0.835. The van der Waals surface area contributed by atoms with Gasteiger partial charge in [0, 0.05) is 39.1 Å². The number of amides is 1. The molecule has 134 valence electrons. The molecule has 1 atom stereocenters. The van der Waals surface area contributed by atoms with Crippen LogP contribution in [0.2, 0.25) is 0 Å². The molecule has 1 amide bonds. The lowest BCUT2D eigenvalue weighted by molar-refractivity contribution is -0.133. The van der Waals surface area contributed by atoms with Crippen LogP contribution in [0.15, 0.2) is 24.3 Å². The molecular formula is C19H26N4O2. The molecule has 1 aromatic carbocycles. The predicted octanol–water partition coefficient (Wildman–Crippen LogP) is 2.14. The first kappa shape index (κ1) is 17.6. The summed E-state index contributed by atoms with van der Waals surface area (Å²) in [5, 5.41) is 8.48. The summed E-state index contributed by atoms with van der Waals surface area (Å²) in [7, 11) is 1.66. The maximum Gasteiger partial charge on any atom is 0.223 e. The van der Waals surface area contributed by atoms with Crippen LogP contribution in [0.25, 0.3) is 0 Å². The second-order valence-corrected chi connectivity index (χ2v) is 6.68. The molecule has 0 radical (unpaired) electrons. The average Bonchev–Trinajstić information content (AvgIpc) is 2.87. The smallest absolute Gasteiger partial charge is 0.223 e. The van der Waals surface area contributed by atoms with Gasteiger partial charge in [-0.2, -0.15) is 0 Å². The van der Waals surface area contributed by atoms with Crippen LogP contribution in [-0.4, -0.2) is 45.3 Å². The highest BCUT2D eigenvalue weighted by molar-refractivity contribution is 5.77. The number of carbonyl (C=O) groups is 1. The third-order valence-electron chi connectivity index (χ3n) is 4.94. The zero-order chi connectivity index (χ0) is 17.8. The average molecular weight is 342 g/mol. The molecule has 0 aliphatic carbocycles. The van der Waals surface area contributed by atoms with Gasteiger partial charge in [0.15, 0.2) is 5.82 Å². The lowest BCUT2D eigenvalue weighted by atomic mass is 10.0. The number of benzene rings is 1. The summed E-state index contributed by atoms with van der Waals surface area (Å²) in [5.41, 5.74) is 2.49. The van der Waals surface area contributed by atoms with Crippen LogP contribution in [-0.2, 0) is 35.5 Å². The Morgan fingerprint density at radius 1 is 1.28 bits per heavy atom. The standard InChI is InChI=1S/C19H26N4O2/c1-14-6-4-5-7-16(14)8-9-19(24)22-10-11-23-17(12-15(22)2)20-21-18(23)13-25-3/h4-7,15H,8-13H2,1-3H3. The molecule has 3 rings (SSSR count). The van der Waals surface area contributed by atoms with Gasteiger partial charge < -0.3 is 14.2 Å². The minimum Gasteiger partial charge on any atom is -0.377 e. The Hall–Kier alpha value is -2.21. The van der Waals surface area contributed by atoms with Crippen LogP contribution >= 0.6 is 0 Å². The largest absolute Gasteiger partial charge is 0.377 e. The third kappa shape index (κ3) is 3.90. The Bertz CT molecular complexity index is 741. The summed E-state index contributed by atoms with van der Waals surface area (Å²) in [6.07, 6.45) is 2.06. The third-order valence-corrected chi connectivity index (χ3v) is 4.94. The molecule has 0 bridgehead atoms. The van der Waals surface area contributed by atoms with Crippen molar-refractivity contribution >= 4 is 5.91 Å². The summed E-state index contributed by atoms with van der Waals surface area (Å²) in [4.78, 5) is 14.8. The number of aryl methyl sites for hydroxylation is 2. The minimum absolute atomic E-state index is 0.130. The summed E-state index contributed by atoms with van der Waals surface area (Å²) in [6, 6.07) is 8.39. The van der Waals surface area contributed by atoms with E-state index in [4.69, 9.17) is 4.74 Å². The zero-order valence-corrected chi connectivity index (χ0v) is 15.2. The van der Waals surface area contributed by atoms with Crippen molar-refractivity contribution < 1.29 is 9.53 Å². The molecule has 6 nitrogen and oxygen atoms in total. The molecule has 2 heterocycles. The Morgan fingerprint density at radius 2 is 2.08 bits per heavy atom. The van der Waals surface area contributed by atoms with Crippen LogP contribution in [0.5, 0.6) is 0 Å². The van der Waals surface area contributed by atoms with Gasteiger partial charge in [0.2, 0.25) is 5.91 Å². The second kappa shape index (κ2) is 7.78. The number of hydrogen-bond donors (Lipinski definition) is 0. The van der Waals surface area contributed by atoms with Crippen molar-refractivity contribution in [3.63, 3.8) is 0 Å². The van der Waals surface area contributed by atoms with E-state index >= 15 is 0 Å². The van der Waals surface area contributed by atoms with Gasteiger partial charge in [-0.15, -0.1) is 10.2 Å². The topological polar surface area (TPSA) is 60.3 Å². The number of aromatic nitrogens is 3. The fraction of sp³-hybridized carbons (Fsp3) is 0.526. The molecule has 0 saturated carbocycles. The van der Waals surface area contributed by atoms with Crippen molar-refractivity contribution in [2.24, 2.45) is 0 Å². The molecule has 0 fully saturated rings. The number of carbonyl (C=O) groups excluding carboxylic acids is 1. The van der Waals surface area contributed by atoms with Gasteiger partial charge in [0.05, 0.1) is 0 Å². The molecule has 6 heteroatoms. The van der Waals surface area contributed by atoms with Crippen LogP contribution in [0.3, 0.4) is 0 Å². The van der Waals surface area contributed by atoms with E-state index < -0.39 is 0 Å². The van der Waals surface area contributed by atoms with E-state index in [-0.39, 0.29) is 11.9 Å². The van der Waals surface area contributed by atoms with Gasteiger partial charge in [-0.25, -0.2) is 0 Å². The number of hydrogen-bond acceptors (Lipinski definition) is 4. The SMILES string of the molecule is COCc1nnc2n1CCN(C(=O)CCc1ccccc1C)C(C)C2. The Balaban J connectivity index is 1.65. The fourth-order valence-electron chi connectivity index (χ4n) is 3.47. The first-order chi connectivity index (χ1) is 12.1. The number of fused-ring (bicyclic) bond motifs is 1. The number of ether oxygens (including phenoxy) is 1. The Morgan fingerprint density at radius 3 is 2.84 bits per heavy atom. The molecule has 0 N–H and O–H groups in total. The summed E-state index contributed by atoms with van der Waals surface area (Å²) >= 11 is 0. The highest BCUT2D eigenvalue weighted by Gasteiger charge is 2.26. The number of rotatable bonds is 5. The first-order valence-corrected chi connectivity index (χ1v) is 8.84. The second-order valence-electron chi connectivity index (χ2n) is 6.68. The van der Waals surface area contributed by atoms with Crippen LogP contribution in [0.4, 0.5) is 0 Å². The van der Waals surface area contributed by atoms with E-state index in [1.54, 1.807) is 7.11 Å². The summed E-state index contributed by atoms with van der Waals surface area (Å²) in [5.74, 6) is 1.98. The zero-order valence-electron chi connectivity index (χ0n) is 15.2. The van der Waals surface area contributed by atoms with E-state index in [2.05, 4.69) is 40.7 Å². The van der Waals surface area contributed by atoms with Crippen molar-refractivity contribution in [3.8, 4) is 0 Å². The van der Waals surface area contributed by atoms with Crippen LogP contribution in [0.1, 0.15) is 36.1 Å². The van der Waals surface area contributed by atoms with Crippen LogP contribution in [0, 0.1) is 6.92 Å². The van der Waals surface area contributed by atoms with Gasteiger partial charge in [0.1, 0.15) is 12.4 Å². The van der Waals surface area contributed by atoms with E-state index in [1.165, 1.54) is 11.1 Å². The highest BCUT2D eigenvalue weighted by Crippen LogP contribution is 2.17. The summed E-state index contributed by atoms with van der Waals surface area (Å²) < 4.78 is 7.28. The predicted molar refractivity (Wildman–Crippen MR) is 95.1 cm³/mol. The van der Waals surface area contributed by atoms with Crippen molar-refractivity contribution in [3.05, 3.63) is 47.0 Å². The lowest BCUT2D eigenvalue weighted by Gasteiger charge is -2.27. The van der Waals surface area contributed by atoms with E-state index in [1.807, 2.05) is 17.0 Å². The molecule has 2 aromatic rings. The molecule has 1 aromatic heterocycles. The van der Waals surface area contributed by atoms with Crippen molar-refractivity contribution in [1.82, 2.24) is 19.7 Å². The van der Waals surface area contributed by atoms with E-state index in [0.717, 1.165) is 31.0 Å². The maximum absolute atomic E-state index is 12.8. The molecule has 25 heavy (non-hydrogen) atoms. The van der Waals surface area contributed by atoms with Gasteiger partial charge in [-0.05, 0) is 31.4 Å². The lowest BCUT2D eigenvalue weighted by Crippen LogP contribution is -2.40. The van der Waals surface area contributed by atoms with Gasteiger partial charge in [-0.1, -0.05) is 24.3 Å². The molecular weight excluding hydrogens is 316 g/mol. The minimum atomic E-state index is 0.130. The highest BCUT2D eigenvalue weighted by atomic mass is 16.5. The molecule has 0 saturated heterocycles. The molecule has 1 unspecified atom stereocenters. The van der Waals surface area contributed by atoms with Gasteiger partial charge in [0.25, 0.3) is 0 Å². The molecule has 0 spiro atoms. The van der Waals surface area contributed by atoms with E-state index in [9.17, 15) is 4.79 Å². The molecule has 1 aliphatic rings. The Labute approximate surface area is 148 Å². The monoisotopic (exact) mass is 342 g/mol. The van der Waals surface area contributed by atoms with Crippen LogP contribution < -0.4 is 0 Å². The van der Waals surface area contributed by atoms with Crippen molar-refractivity contribution in [2.45, 2.75) is 52.3 Å². The normalized spacial score (nSPS) is 17.2. The van der Waals surface area contributed by atoms with Crippen molar-refractivity contribution in [2.75, 3.05) is 13.7 Å². The van der Waals surface area contributed by atoms with Gasteiger partial charge in [-0.3, -0.25) is 4.79 Å². The maximum atomic E-state index is 12.8. The first-order valence-electron chi connectivity index (χ1n) is 8.84. The number of methoxy groups -OCH3 is 1. The number of nitrogens with zero attached hydrogens (tertiary/aromatic N) is 4. The molecule has 1 aliphatic heterocycles. The fourth-order valence-corrected chi connectivity index (χ4v) is 3.47. The van der Waals surface area contributed by atoms with E-state index in [0.29, 0.717) is 19.6 Å². The van der Waals surface area contributed by atoms with Crippen molar-refractivity contribution in [1.29, 1.82) is 0 Å². The van der Waals surface area contributed by atoms with Gasteiger partial charge >= 0.3 is 0 Å².